The number of hydrogen-bond acceptors (Lipinski definition) is 4. The van der Waals surface area contributed by atoms with Crippen molar-refractivity contribution in [3.05, 3.63) is 23.9 Å². The molecular formula is C14H25N3O2S. The fourth-order valence-electron chi connectivity index (χ4n) is 1.80. The quantitative estimate of drug-likeness (QED) is 0.709. The number of nitrogens with zero attached hydrogens (tertiary/aromatic N) is 2. The van der Waals surface area contributed by atoms with Crippen LogP contribution in [0.25, 0.3) is 0 Å². The molecule has 0 atom stereocenters. The minimum atomic E-state index is -3.45. The summed E-state index contributed by atoms with van der Waals surface area (Å²) in [5.74, 6) is 0. The molecule has 0 saturated heterocycles. The molecule has 0 aliphatic carbocycles. The first kappa shape index (κ1) is 17.1. The van der Waals surface area contributed by atoms with Crippen molar-refractivity contribution >= 4 is 10.0 Å². The monoisotopic (exact) mass is 299 g/mol. The molecule has 0 unspecified atom stereocenters. The number of hydrogen-bond donors (Lipinski definition) is 1. The minimum absolute atomic E-state index is 0.122. The predicted molar refractivity (Wildman–Crippen MR) is 81.0 cm³/mol. The summed E-state index contributed by atoms with van der Waals surface area (Å²) in [6.45, 7) is 6.24. The third-order valence-corrected chi connectivity index (χ3v) is 4.90. The SMILES string of the molecule is CCCCCN(C)S(=O)(=O)c1ccc(CNCC)cn1. The van der Waals surface area contributed by atoms with E-state index in [2.05, 4.69) is 17.2 Å². The Morgan fingerprint density at radius 1 is 1.25 bits per heavy atom. The lowest BCUT2D eigenvalue weighted by atomic mass is 10.2. The second-order valence-electron chi connectivity index (χ2n) is 4.82. The zero-order valence-corrected chi connectivity index (χ0v) is 13.4. The van der Waals surface area contributed by atoms with Crippen LogP contribution < -0.4 is 5.32 Å². The molecule has 0 saturated carbocycles. The number of aromatic nitrogens is 1. The van der Waals surface area contributed by atoms with Gasteiger partial charge in [-0.05, 0) is 24.6 Å². The van der Waals surface area contributed by atoms with Crippen LogP contribution in [0.4, 0.5) is 0 Å². The lowest BCUT2D eigenvalue weighted by Crippen LogP contribution is -2.28. The van der Waals surface area contributed by atoms with Gasteiger partial charge in [-0.2, -0.15) is 4.31 Å². The summed E-state index contributed by atoms with van der Waals surface area (Å²) in [5, 5.41) is 3.30. The van der Waals surface area contributed by atoms with Crippen molar-refractivity contribution in [2.45, 2.75) is 44.7 Å². The Morgan fingerprint density at radius 3 is 2.55 bits per heavy atom. The molecular weight excluding hydrogens is 274 g/mol. The summed E-state index contributed by atoms with van der Waals surface area (Å²) in [7, 11) is -1.84. The molecule has 1 rings (SSSR count). The Hall–Kier alpha value is -0.980. The van der Waals surface area contributed by atoms with Gasteiger partial charge in [-0.25, -0.2) is 13.4 Å². The van der Waals surface area contributed by atoms with Gasteiger partial charge >= 0.3 is 0 Å². The zero-order valence-electron chi connectivity index (χ0n) is 12.6. The van der Waals surface area contributed by atoms with Crippen molar-refractivity contribution in [2.24, 2.45) is 0 Å². The highest BCUT2D eigenvalue weighted by Gasteiger charge is 2.21. The first-order chi connectivity index (χ1) is 9.52. The molecule has 6 heteroatoms. The van der Waals surface area contributed by atoms with E-state index in [4.69, 9.17) is 0 Å². The first-order valence-electron chi connectivity index (χ1n) is 7.14. The molecule has 0 aromatic carbocycles. The average Bonchev–Trinajstić information content (AvgIpc) is 2.45. The highest BCUT2D eigenvalue weighted by molar-refractivity contribution is 7.89. The normalized spacial score (nSPS) is 12.0. The van der Waals surface area contributed by atoms with E-state index in [-0.39, 0.29) is 5.03 Å². The highest BCUT2D eigenvalue weighted by atomic mass is 32.2. The molecule has 5 nitrogen and oxygen atoms in total. The standard InChI is InChI=1S/C14H25N3O2S/c1-4-6-7-10-17(3)20(18,19)14-9-8-13(12-16-14)11-15-5-2/h8-9,12,15H,4-7,10-11H2,1-3H3. The Labute approximate surface area is 122 Å². The van der Waals surface area contributed by atoms with E-state index >= 15 is 0 Å². The maximum atomic E-state index is 12.3. The topological polar surface area (TPSA) is 62.3 Å². The Bertz CT molecular complexity index is 486. The van der Waals surface area contributed by atoms with Gasteiger partial charge in [0, 0.05) is 26.3 Å². The Morgan fingerprint density at radius 2 is 2.00 bits per heavy atom. The second-order valence-corrected chi connectivity index (χ2v) is 6.81. The van der Waals surface area contributed by atoms with E-state index in [1.54, 1.807) is 19.3 Å². The smallest absolute Gasteiger partial charge is 0.260 e. The van der Waals surface area contributed by atoms with Gasteiger partial charge in [-0.15, -0.1) is 0 Å². The van der Waals surface area contributed by atoms with Crippen LogP contribution in [0.15, 0.2) is 23.4 Å². The van der Waals surface area contributed by atoms with E-state index in [1.807, 2.05) is 13.0 Å². The number of pyridine rings is 1. The van der Waals surface area contributed by atoms with E-state index in [1.165, 1.54) is 4.31 Å². The molecule has 1 heterocycles. The van der Waals surface area contributed by atoms with E-state index in [0.29, 0.717) is 13.1 Å². The molecule has 0 spiro atoms. The van der Waals surface area contributed by atoms with Crippen LogP contribution in [0.1, 0.15) is 38.7 Å². The molecule has 0 amide bonds. The molecule has 0 fully saturated rings. The molecule has 1 N–H and O–H groups in total. The van der Waals surface area contributed by atoms with Gasteiger partial charge in [-0.3, -0.25) is 0 Å². The number of unbranched alkanes of at least 4 members (excludes halogenated alkanes) is 2. The van der Waals surface area contributed by atoms with Gasteiger partial charge in [0.15, 0.2) is 5.03 Å². The van der Waals surface area contributed by atoms with E-state index in [9.17, 15) is 8.42 Å². The fraction of sp³-hybridized carbons (Fsp3) is 0.643. The van der Waals surface area contributed by atoms with Crippen LogP contribution in [-0.4, -0.2) is 37.8 Å². The van der Waals surface area contributed by atoms with Crippen LogP contribution >= 0.6 is 0 Å². The van der Waals surface area contributed by atoms with Crippen LogP contribution in [0.3, 0.4) is 0 Å². The fourth-order valence-corrected chi connectivity index (χ4v) is 2.92. The molecule has 1 aromatic rings. The third kappa shape index (κ3) is 4.85. The number of rotatable bonds is 9. The Balaban J connectivity index is 2.71. The van der Waals surface area contributed by atoms with Crippen LogP contribution in [0, 0.1) is 0 Å². The van der Waals surface area contributed by atoms with Crippen molar-refractivity contribution in [1.82, 2.24) is 14.6 Å². The van der Waals surface area contributed by atoms with Crippen LogP contribution in [0.2, 0.25) is 0 Å². The van der Waals surface area contributed by atoms with Gasteiger partial charge in [0.25, 0.3) is 10.0 Å². The maximum Gasteiger partial charge on any atom is 0.260 e. The van der Waals surface area contributed by atoms with E-state index in [0.717, 1.165) is 31.4 Å². The van der Waals surface area contributed by atoms with E-state index < -0.39 is 10.0 Å². The first-order valence-corrected chi connectivity index (χ1v) is 8.58. The molecule has 0 radical (unpaired) electrons. The highest BCUT2D eigenvalue weighted by Crippen LogP contribution is 2.13. The van der Waals surface area contributed by atoms with Gasteiger partial charge in [0.2, 0.25) is 0 Å². The largest absolute Gasteiger partial charge is 0.313 e. The molecule has 0 aliphatic heterocycles. The van der Waals surface area contributed by atoms with Crippen molar-refractivity contribution in [2.75, 3.05) is 20.1 Å². The summed E-state index contributed by atoms with van der Waals surface area (Å²) in [5.41, 5.74) is 0.986. The van der Waals surface area contributed by atoms with Crippen molar-refractivity contribution in [1.29, 1.82) is 0 Å². The lowest BCUT2D eigenvalue weighted by molar-refractivity contribution is 0.452. The summed E-state index contributed by atoms with van der Waals surface area (Å²) < 4.78 is 26.0. The van der Waals surface area contributed by atoms with Gasteiger partial charge in [0.05, 0.1) is 0 Å². The van der Waals surface area contributed by atoms with Crippen LogP contribution in [-0.2, 0) is 16.6 Å². The lowest BCUT2D eigenvalue weighted by Gasteiger charge is -2.16. The van der Waals surface area contributed by atoms with Gasteiger partial charge < -0.3 is 5.32 Å². The second kappa shape index (κ2) is 8.34. The number of sulfonamides is 1. The predicted octanol–water partition coefficient (Wildman–Crippen LogP) is 2.00. The summed E-state index contributed by atoms with van der Waals surface area (Å²) in [6, 6.07) is 3.39. The van der Waals surface area contributed by atoms with Crippen LogP contribution in [0.5, 0.6) is 0 Å². The zero-order chi connectivity index (χ0) is 15.0. The van der Waals surface area contributed by atoms with Crippen molar-refractivity contribution in [3.8, 4) is 0 Å². The minimum Gasteiger partial charge on any atom is -0.313 e. The Kier molecular flexibility index (Phi) is 7.12. The molecule has 114 valence electrons. The molecule has 1 aromatic heterocycles. The number of nitrogens with one attached hydrogen (secondary N) is 1. The van der Waals surface area contributed by atoms with Crippen molar-refractivity contribution in [3.63, 3.8) is 0 Å². The van der Waals surface area contributed by atoms with Gasteiger partial charge in [0.1, 0.15) is 0 Å². The molecule has 20 heavy (non-hydrogen) atoms. The molecule has 0 aliphatic rings. The van der Waals surface area contributed by atoms with Crippen molar-refractivity contribution < 1.29 is 8.42 Å². The van der Waals surface area contributed by atoms with Gasteiger partial charge in [-0.1, -0.05) is 32.8 Å². The maximum absolute atomic E-state index is 12.3. The summed E-state index contributed by atoms with van der Waals surface area (Å²) in [6.07, 6.45) is 4.61. The average molecular weight is 299 g/mol. The summed E-state index contributed by atoms with van der Waals surface area (Å²) >= 11 is 0. The third-order valence-electron chi connectivity index (χ3n) is 3.13. The molecule has 0 bridgehead atoms. The summed E-state index contributed by atoms with van der Waals surface area (Å²) in [4.78, 5) is 4.08.